The molecule has 0 spiro atoms. The van der Waals surface area contributed by atoms with E-state index < -0.39 is 12.0 Å². The van der Waals surface area contributed by atoms with E-state index in [2.05, 4.69) is 44.2 Å². The zero-order chi connectivity index (χ0) is 23.2. The predicted octanol–water partition coefficient (Wildman–Crippen LogP) is 3.79. The van der Waals surface area contributed by atoms with Crippen LogP contribution in [0.15, 0.2) is 48.5 Å². The number of carbonyl (C=O) groups is 1. The van der Waals surface area contributed by atoms with Crippen LogP contribution in [0.25, 0.3) is 46.4 Å². The zero-order valence-electron chi connectivity index (χ0n) is 18.0. The normalized spacial score (nSPS) is 12.8. The van der Waals surface area contributed by atoms with Gasteiger partial charge in [-0.1, -0.05) is 0 Å². The number of aromatic amines is 2. The van der Waals surface area contributed by atoms with E-state index in [1.54, 1.807) is 0 Å². The largest absolute Gasteiger partial charge is 0.480 e. The van der Waals surface area contributed by atoms with E-state index in [0.29, 0.717) is 19.4 Å². The molecule has 1 unspecified atom stereocenters. The third kappa shape index (κ3) is 6.03. The number of aliphatic carboxylic acids is 1. The number of nitrogens with zero attached hydrogens (tertiary/aromatic N) is 2. The first-order chi connectivity index (χ1) is 16.0. The van der Waals surface area contributed by atoms with E-state index in [0.717, 1.165) is 44.8 Å². The molecule has 3 aromatic rings. The number of hydrogen-bond acceptors (Lipinski definition) is 5. The molecule has 0 saturated heterocycles. The Labute approximate surface area is 190 Å². The second-order valence-corrected chi connectivity index (χ2v) is 7.78. The van der Waals surface area contributed by atoms with Crippen LogP contribution in [0.1, 0.15) is 35.6 Å². The number of rotatable bonds is 4. The van der Waals surface area contributed by atoms with Gasteiger partial charge in [0.1, 0.15) is 6.04 Å². The van der Waals surface area contributed by atoms with Gasteiger partial charge in [0, 0.05) is 22.1 Å². The van der Waals surface area contributed by atoms with Crippen molar-refractivity contribution >= 4 is 52.3 Å². The van der Waals surface area contributed by atoms with Crippen molar-refractivity contribution in [1.82, 2.24) is 19.9 Å². The molecule has 5 rings (SSSR count). The quantitative estimate of drug-likeness (QED) is 0.286. The van der Waals surface area contributed by atoms with Gasteiger partial charge >= 0.3 is 5.97 Å². The average molecular weight is 443 g/mol. The van der Waals surface area contributed by atoms with Crippen molar-refractivity contribution in [1.29, 1.82) is 0 Å². The van der Waals surface area contributed by atoms with Gasteiger partial charge in [-0.2, -0.15) is 0 Å². The fourth-order valence-corrected chi connectivity index (χ4v) is 3.40. The van der Waals surface area contributed by atoms with Crippen LogP contribution >= 0.6 is 0 Å². The molecule has 0 fully saturated rings. The molecule has 0 aromatic carbocycles. The summed E-state index contributed by atoms with van der Waals surface area (Å²) in [6.45, 7) is 0.501. The molecule has 8 nitrogen and oxygen atoms in total. The Morgan fingerprint density at radius 2 is 1.15 bits per heavy atom. The van der Waals surface area contributed by atoms with Crippen molar-refractivity contribution in [2.75, 3.05) is 6.54 Å². The van der Waals surface area contributed by atoms with Crippen molar-refractivity contribution in [3.8, 4) is 0 Å². The van der Waals surface area contributed by atoms with Gasteiger partial charge in [0.15, 0.2) is 0 Å². The molecular formula is C25H26N6O2. The lowest BCUT2D eigenvalue weighted by Gasteiger charge is -2.02. The Balaban J connectivity index is 0.000000248. The maximum Gasteiger partial charge on any atom is 0.320 e. The van der Waals surface area contributed by atoms with Crippen LogP contribution in [0.3, 0.4) is 0 Å². The summed E-state index contributed by atoms with van der Waals surface area (Å²) in [5, 5.41) is 8.24. The number of nitrogens with one attached hydrogen (secondary N) is 2. The van der Waals surface area contributed by atoms with Gasteiger partial charge in [-0.25, -0.2) is 9.97 Å². The number of carboxylic acid groups (broad SMARTS) is 1. The molecule has 5 heterocycles. The van der Waals surface area contributed by atoms with E-state index in [-0.39, 0.29) is 0 Å². The fraction of sp³-hybridized carbons (Fsp3) is 0.160. The van der Waals surface area contributed by atoms with Crippen molar-refractivity contribution in [2.24, 2.45) is 11.5 Å². The molecule has 0 amide bonds. The van der Waals surface area contributed by atoms with Crippen molar-refractivity contribution in [3.05, 3.63) is 71.3 Å². The molecule has 33 heavy (non-hydrogen) atoms. The Morgan fingerprint density at radius 1 is 0.788 bits per heavy atom. The number of nitrogens with two attached hydrogens (primary N) is 2. The highest BCUT2D eigenvalue weighted by molar-refractivity contribution is 5.77. The first kappa shape index (κ1) is 22.2. The number of aromatic nitrogens is 4. The van der Waals surface area contributed by atoms with Gasteiger partial charge in [0.25, 0.3) is 0 Å². The van der Waals surface area contributed by atoms with Crippen molar-refractivity contribution in [3.63, 3.8) is 0 Å². The summed E-state index contributed by atoms with van der Waals surface area (Å²) in [6, 6.07) is 15.6. The Hall–Kier alpha value is -4.01. The van der Waals surface area contributed by atoms with Gasteiger partial charge in [-0.15, -0.1) is 0 Å². The molecule has 1 atom stereocenters. The van der Waals surface area contributed by atoms with Crippen molar-refractivity contribution < 1.29 is 9.90 Å². The smallest absolute Gasteiger partial charge is 0.320 e. The number of hydrogen-bond donors (Lipinski definition) is 5. The van der Waals surface area contributed by atoms with Crippen LogP contribution in [0.2, 0.25) is 0 Å². The number of fused-ring (bicyclic) bond motifs is 8. The van der Waals surface area contributed by atoms with Crippen LogP contribution < -0.4 is 11.5 Å². The summed E-state index contributed by atoms with van der Waals surface area (Å²) in [4.78, 5) is 26.1. The molecule has 7 N–H and O–H groups in total. The minimum absolute atomic E-state index is 0.464. The van der Waals surface area contributed by atoms with Crippen LogP contribution in [-0.2, 0) is 4.79 Å². The lowest BCUT2D eigenvalue weighted by molar-refractivity contribution is -0.138. The Morgan fingerprint density at radius 3 is 1.45 bits per heavy atom. The third-order valence-electron chi connectivity index (χ3n) is 5.08. The first-order valence-corrected chi connectivity index (χ1v) is 10.7. The molecule has 8 heteroatoms. The van der Waals surface area contributed by atoms with Crippen molar-refractivity contribution in [2.45, 2.75) is 18.9 Å². The lowest BCUT2D eigenvalue weighted by atomic mass is 10.2. The SMILES string of the molecule is C1=Cc2cc3ccc(cc4nc(cc5ccc(cc1n2)[nH]5)C=C4)[nH]3.NCCCC(N)C(=O)O. The second kappa shape index (κ2) is 10.1. The summed E-state index contributed by atoms with van der Waals surface area (Å²) < 4.78 is 0. The molecule has 2 aliphatic rings. The number of H-pyrrole nitrogens is 2. The molecule has 168 valence electrons. The molecule has 2 aliphatic heterocycles. The van der Waals surface area contributed by atoms with Gasteiger partial charge < -0.3 is 26.5 Å². The number of carboxylic acids is 1. The first-order valence-electron chi connectivity index (χ1n) is 10.7. The van der Waals surface area contributed by atoms with Crippen LogP contribution in [0, 0.1) is 0 Å². The van der Waals surface area contributed by atoms with E-state index in [9.17, 15) is 4.79 Å². The minimum atomic E-state index is -0.955. The third-order valence-corrected chi connectivity index (χ3v) is 5.08. The van der Waals surface area contributed by atoms with Gasteiger partial charge in [-0.3, -0.25) is 4.79 Å². The highest BCUT2D eigenvalue weighted by Crippen LogP contribution is 2.16. The Kier molecular flexibility index (Phi) is 6.77. The highest BCUT2D eigenvalue weighted by Gasteiger charge is 2.08. The van der Waals surface area contributed by atoms with E-state index >= 15 is 0 Å². The molecule has 3 aromatic heterocycles. The fourth-order valence-electron chi connectivity index (χ4n) is 3.40. The molecule has 0 aliphatic carbocycles. The maximum absolute atomic E-state index is 10.0. The van der Waals surface area contributed by atoms with Crippen LogP contribution in [-0.4, -0.2) is 43.6 Å². The molecule has 8 bridgehead atoms. The summed E-state index contributed by atoms with van der Waals surface area (Å²) in [7, 11) is 0. The van der Waals surface area contributed by atoms with Gasteiger partial charge in [0.2, 0.25) is 0 Å². The minimum Gasteiger partial charge on any atom is -0.480 e. The maximum atomic E-state index is 10.0. The summed E-state index contributed by atoms with van der Waals surface area (Å²) in [5.41, 5.74) is 18.1. The second-order valence-electron chi connectivity index (χ2n) is 7.78. The topological polar surface area (TPSA) is 147 Å². The van der Waals surface area contributed by atoms with E-state index in [1.165, 1.54) is 0 Å². The molecular weight excluding hydrogens is 416 g/mol. The van der Waals surface area contributed by atoms with E-state index in [1.807, 2.05) is 48.6 Å². The summed E-state index contributed by atoms with van der Waals surface area (Å²) in [6.07, 6.45) is 9.23. The summed E-state index contributed by atoms with van der Waals surface area (Å²) in [5.74, 6) is -0.955. The zero-order valence-corrected chi connectivity index (χ0v) is 18.0. The highest BCUT2D eigenvalue weighted by atomic mass is 16.4. The lowest BCUT2D eigenvalue weighted by Crippen LogP contribution is -2.30. The standard InChI is InChI=1S/C20H14N4.C5H12N2O2/c1-2-14-10-16-5-6-18(23-16)12-20-8-7-19(24-20)11-17-4-3-15(22-17)9-13(1)21-14;6-3-1-2-4(7)5(8)9/h1-12,21,24H;4H,1-3,6-7H2,(H,8,9). The summed E-state index contributed by atoms with van der Waals surface area (Å²) >= 11 is 0. The average Bonchev–Trinajstić information content (AvgIpc) is 3.58. The predicted molar refractivity (Wildman–Crippen MR) is 133 cm³/mol. The van der Waals surface area contributed by atoms with Gasteiger partial charge in [0.05, 0.1) is 22.8 Å². The molecule has 0 radical (unpaired) electrons. The molecule has 0 saturated carbocycles. The van der Waals surface area contributed by atoms with Gasteiger partial charge in [-0.05, 0) is 92.2 Å². The Bertz CT molecular complexity index is 1190. The van der Waals surface area contributed by atoms with Crippen LogP contribution in [0.5, 0.6) is 0 Å². The van der Waals surface area contributed by atoms with E-state index in [4.69, 9.17) is 16.6 Å². The monoisotopic (exact) mass is 442 g/mol. The van der Waals surface area contributed by atoms with Crippen LogP contribution in [0.4, 0.5) is 0 Å².